The largest absolute Gasteiger partial charge is 0.338 e. The van der Waals surface area contributed by atoms with Crippen LogP contribution in [0.15, 0.2) is 30.4 Å². The SMILES string of the molecule is CC(c1cc(F)ccc1F)N(C)C(=O)C1C=CC(N)C1. The molecule has 3 unspecified atom stereocenters. The van der Waals surface area contributed by atoms with Crippen LogP contribution < -0.4 is 5.73 Å². The summed E-state index contributed by atoms with van der Waals surface area (Å²) in [6, 6.07) is 2.61. The van der Waals surface area contributed by atoms with E-state index in [0.717, 1.165) is 18.2 Å². The van der Waals surface area contributed by atoms with Crippen LogP contribution in [0.1, 0.15) is 24.9 Å². The molecule has 1 aromatic carbocycles. The Morgan fingerprint density at radius 3 is 2.70 bits per heavy atom. The Morgan fingerprint density at radius 2 is 2.10 bits per heavy atom. The Hall–Kier alpha value is -1.75. The highest BCUT2D eigenvalue weighted by molar-refractivity contribution is 5.81. The molecule has 3 nitrogen and oxygen atoms in total. The van der Waals surface area contributed by atoms with Crippen molar-refractivity contribution in [3.63, 3.8) is 0 Å². The molecular weight excluding hydrogens is 262 g/mol. The summed E-state index contributed by atoms with van der Waals surface area (Å²) in [7, 11) is 1.59. The van der Waals surface area contributed by atoms with Crippen molar-refractivity contribution in [1.82, 2.24) is 4.90 Å². The molecule has 0 bridgehead atoms. The Labute approximate surface area is 117 Å². The summed E-state index contributed by atoms with van der Waals surface area (Å²) in [6.07, 6.45) is 4.13. The zero-order chi connectivity index (χ0) is 14.9. The third kappa shape index (κ3) is 2.88. The molecule has 1 aromatic rings. The van der Waals surface area contributed by atoms with Crippen LogP contribution in [0.2, 0.25) is 0 Å². The van der Waals surface area contributed by atoms with Crippen LogP contribution in [0.4, 0.5) is 8.78 Å². The van der Waals surface area contributed by atoms with Crippen molar-refractivity contribution in [2.75, 3.05) is 7.05 Å². The van der Waals surface area contributed by atoms with Gasteiger partial charge in [-0.1, -0.05) is 12.2 Å². The molecule has 0 saturated heterocycles. The van der Waals surface area contributed by atoms with Gasteiger partial charge in [0.15, 0.2) is 0 Å². The molecule has 5 heteroatoms. The molecule has 2 rings (SSSR count). The second-order valence-corrected chi connectivity index (χ2v) is 5.18. The highest BCUT2D eigenvalue weighted by atomic mass is 19.1. The molecule has 1 aliphatic rings. The number of nitrogens with two attached hydrogens (primary N) is 1. The molecule has 2 N–H and O–H groups in total. The van der Waals surface area contributed by atoms with Gasteiger partial charge in [0.1, 0.15) is 11.6 Å². The third-order valence-corrected chi connectivity index (χ3v) is 3.77. The predicted molar refractivity (Wildman–Crippen MR) is 72.8 cm³/mol. The van der Waals surface area contributed by atoms with Crippen LogP contribution in [-0.2, 0) is 4.79 Å². The molecule has 1 amide bonds. The van der Waals surface area contributed by atoms with Gasteiger partial charge >= 0.3 is 0 Å². The number of carbonyl (C=O) groups is 1. The van der Waals surface area contributed by atoms with Crippen LogP contribution in [0, 0.1) is 17.6 Å². The van der Waals surface area contributed by atoms with Crippen molar-refractivity contribution in [1.29, 1.82) is 0 Å². The Kier molecular flexibility index (Phi) is 4.18. The van der Waals surface area contributed by atoms with Gasteiger partial charge in [-0.25, -0.2) is 8.78 Å². The number of carbonyl (C=O) groups excluding carboxylic acids is 1. The van der Waals surface area contributed by atoms with E-state index >= 15 is 0 Å². The first-order valence-electron chi connectivity index (χ1n) is 6.55. The van der Waals surface area contributed by atoms with Gasteiger partial charge in [-0.2, -0.15) is 0 Å². The van der Waals surface area contributed by atoms with Crippen LogP contribution in [0.25, 0.3) is 0 Å². The van der Waals surface area contributed by atoms with Gasteiger partial charge in [-0.3, -0.25) is 4.79 Å². The fraction of sp³-hybridized carbons (Fsp3) is 0.400. The summed E-state index contributed by atoms with van der Waals surface area (Å²) in [5.41, 5.74) is 5.90. The van der Waals surface area contributed by atoms with Crippen LogP contribution in [0.3, 0.4) is 0 Å². The second-order valence-electron chi connectivity index (χ2n) is 5.18. The molecule has 0 saturated carbocycles. The molecule has 0 radical (unpaired) electrons. The van der Waals surface area contributed by atoms with Crippen molar-refractivity contribution in [3.05, 3.63) is 47.5 Å². The van der Waals surface area contributed by atoms with Gasteiger partial charge < -0.3 is 10.6 Å². The van der Waals surface area contributed by atoms with E-state index in [1.54, 1.807) is 26.1 Å². The van der Waals surface area contributed by atoms with E-state index in [9.17, 15) is 13.6 Å². The summed E-state index contributed by atoms with van der Waals surface area (Å²) in [5.74, 6) is -1.45. The smallest absolute Gasteiger partial charge is 0.229 e. The number of amides is 1. The lowest BCUT2D eigenvalue weighted by Crippen LogP contribution is -2.35. The maximum absolute atomic E-state index is 13.7. The summed E-state index contributed by atoms with van der Waals surface area (Å²) >= 11 is 0. The number of hydrogen-bond donors (Lipinski definition) is 1. The van der Waals surface area contributed by atoms with E-state index in [0.29, 0.717) is 6.42 Å². The topological polar surface area (TPSA) is 46.3 Å². The lowest BCUT2D eigenvalue weighted by atomic mass is 10.0. The summed E-state index contributed by atoms with van der Waals surface area (Å²) in [5, 5.41) is 0. The average Bonchev–Trinajstić information content (AvgIpc) is 2.85. The van der Waals surface area contributed by atoms with Gasteiger partial charge in [0.2, 0.25) is 5.91 Å². The third-order valence-electron chi connectivity index (χ3n) is 3.77. The van der Waals surface area contributed by atoms with Gasteiger partial charge in [-0.05, 0) is 31.5 Å². The summed E-state index contributed by atoms with van der Waals surface area (Å²) < 4.78 is 27.0. The highest BCUT2D eigenvalue weighted by Crippen LogP contribution is 2.26. The van der Waals surface area contributed by atoms with E-state index < -0.39 is 17.7 Å². The second kappa shape index (κ2) is 5.71. The first-order valence-corrected chi connectivity index (χ1v) is 6.55. The van der Waals surface area contributed by atoms with Gasteiger partial charge in [0, 0.05) is 18.7 Å². The van der Waals surface area contributed by atoms with Crippen molar-refractivity contribution in [2.45, 2.75) is 25.4 Å². The van der Waals surface area contributed by atoms with Crippen LogP contribution in [0.5, 0.6) is 0 Å². The predicted octanol–water partition coefficient (Wildman–Crippen LogP) is 2.39. The van der Waals surface area contributed by atoms with Crippen LogP contribution in [-0.4, -0.2) is 23.9 Å². The number of halogens is 2. The molecule has 0 aliphatic heterocycles. The van der Waals surface area contributed by atoms with E-state index in [-0.39, 0.29) is 23.4 Å². The number of benzene rings is 1. The van der Waals surface area contributed by atoms with Crippen molar-refractivity contribution in [2.24, 2.45) is 11.7 Å². The molecule has 3 atom stereocenters. The van der Waals surface area contributed by atoms with E-state index in [4.69, 9.17) is 5.73 Å². The molecular formula is C15H18F2N2O. The van der Waals surface area contributed by atoms with Crippen molar-refractivity contribution < 1.29 is 13.6 Å². The zero-order valence-corrected chi connectivity index (χ0v) is 11.5. The standard InChI is InChI=1S/C15H18F2N2O/c1-9(13-8-11(16)4-6-14(13)17)19(2)15(20)10-3-5-12(18)7-10/h3-6,8-10,12H,7,18H2,1-2H3. The minimum Gasteiger partial charge on any atom is -0.338 e. The summed E-state index contributed by atoms with van der Waals surface area (Å²) in [6.45, 7) is 1.67. The molecule has 0 spiro atoms. The maximum atomic E-state index is 13.7. The van der Waals surface area contributed by atoms with Crippen molar-refractivity contribution in [3.8, 4) is 0 Å². The number of hydrogen-bond acceptors (Lipinski definition) is 2. The Bertz CT molecular complexity index is 545. The zero-order valence-electron chi connectivity index (χ0n) is 11.5. The normalized spacial score (nSPS) is 22.9. The number of nitrogens with zero attached hydrogens (tertiary/aromatic N) is 1. The summed E-state index contributed by atoms with van der Waals surface area (Å²) in [4.78, 5) is 13.7. The van der Waals surface area contributed by atoms with Gasteiger partial charge in [0.25, 0.3) is 0 Å². The molecule has 0 aromatic heterocycles. The quantitative estimate of drug-likeness (QED) is 0.864. The van der Waals surface area contributed by atoms with Gasteiger partial charge in [0.05, 0.1) is 12.0 Å². The lowest BCUT2D eigenvalue weighted by molar-refractivity contribution is -0.134. The minimum absolute atomic E-state index is 0.112. The first kappa shape index (κ1) is 14.7. The molecule has 1 aliphatic carbocycles. The average molecular weight is 280 g/mol. The number of rotatable bonds is 3. The monoisotopic (exact) mass is 280 g/mol. The maximum Gasteiger partial charge on any atom is 0.229 e. The minimum atomic E-state index is -0.538. The molecule has 0 fully saturated rings. The lowest BCUT2D eigenvalue weighted by Gasteiger charge is -2.28. The first-order chi connectivity index (χ1) is 9.40. The molecule has 20 heavy (non-hydrogen) atoms. The Morgan fingerprint density at radius 1 is 1.40 bits per heavy atom. The van der Waals surface area contributed by atoms with Gasteiger partial charge in [-0.15, -0.1) is 0 Å². The molecule has 108 valence electrons. The van der Waals surface area contributed by atoms with Crippen molar-refractivity contribution >= 4 is 5.91 Å². The highest BCUT2D eigenvalue weighted by Gasteiger charge is 2.29. The van der Waals surface area contributed by atoms with E-state index in [1.165, 1.54) is 4.90 Å². The van der Waals surface area contributed by atoms with Crippen LogP contribution >= 0.6 is 0 Å². The van der Waals surface area contributed by atoms with E-state index in [1.807, 2.05) is 0 Å². The Balaban J connectivity index is 2.16. The van der Waals surface area contributed by atoms with E-state index in [2.05, 4.69) is 0 Å². The fourth-order valence-electron chi connectivity index (χ4n) is 2.41. The molecule has 0 heterocycles. The fourth-order valence-corrected chi connectivity index (χ4v) is 2.41.